The fourth-order valence-corrected chi connectivity index (χ4v) is 2.43. The summed E-state index contributed by atoms with van der Waals surface area (Å²) in [6, 6.07) is 2.23. The topological polar surface area (TPSA) is 39.1 Å². The van der Waals surface area contributed by atoms with Crippen LogP contribution in [0.15, 0.2) is 0 Å². The van der Waals surface area contributed by atoms with E-state index in [0.29, 0.717) is 6.42 Å². The maximum absolute atomic E-state index is 8.62. The Bertz CT molecular complexity index is 259. The van der Waals surface area contributed by atoms with Crippen LogP contribution in [0.4, 0.5) is 0 Å². The van der Waals surface area contributed by atoms with E-state index in [0.717, 1.165) is 25.4 Å². The molecule has 1 aliphatic rings. The zero-order valence-electron chi connectivity index (χ0n) is 12.3. The van der Waals surface area contributed by atoms with Crippen LogP contribution in [0.25, 0.3) is 0 Å². The second-order valence-electron chi connectivity index (χ2n) is 6.52. The average molecular weight is 251 g/mol. The molecule has 1 aliphatic heterocycles. The van der Waals surface area contributed by atoms with E-state index in [1.165, 1.54) is 32.5 Å². The molecule has 0 atom stereocenters. The van der Waals surface area contributed by atoms with Crippen LogP contribution in [0.2, 0.25) is 0 Å². The van der Waals surface area contributed by atoms with Gasteiger partial charge in [0.05, 0.1) is 6.07 Å². The van der Waals surface area contributed by atoms with Gasteiger partial charge in [-0.3, -0.25) is 0 Å². The number of hydrogen-bond acceptors (Lipinski definition) is 3. The Labute approximate surface area is 113 Å². The van der Waals surface area contributed by atoms with Crippen LogP contribution in [-0.2, 0) is 0 Å². The molecule has 0 aliphatic carbocycles. The second kappa shape index (κ2) is 7.76. The highest BCUT2D eigenvalue weighted by molar-refractivity contribution is 4.79. The minimum absolute atomic E-state index is 0.242. The van der Waals surface area contributed by atoms with E-state index >= 15 is 0 Å². The van der Waals surface area contributed by atoms with E-state index in [-0.39, 0.29) is 5.41 Å². The van der Waals surface area contributed by atoms with E-state index in [4.69, 9.17) is 5.26 Å². The molecule has 3 heteroatoms. The van der Waals surface area contributed by atoms with Gasteiger partial charge in [-0.05, 0) is 43.7 Å². The quantitative estimate of drug-likeness (QED) is 0.707. The minimum atomic E-state index is 0.242. The molecule has 0 bridgehead atoms. The van der Waals surface area contributed by atoms with E-state index in [9.17, 15) is 0 Å². The Morgan fingerprint density at radius 1 is 1.33 bits per heavy atom. The molecule has 0 aromatic carbocycles. The van der Waals surface area contributed by atoms with Crippen LogP contribution < -0.4 is 5.32 Å². The lowest BCUT2D eigenvalue weighted by atomic mass is 9.88. The van der Waals surface area contributed by atoms with Crippen LogP contribution in [0, 0.1) is 22.7 Å². The van der Waals surface area contributed by atoms with Gasteiger partial charge in [0.15, 0.2) is 0 Å². The highest BCUT2D eigenvalue weighted by Gasteiger charge is 2.18. The lowest BCUT2D eigenvalue weighted by Gasteiger charge is -2.31. The highest BCUT2D eigenvalue weighted by Crippen LogP contribution is 2.20. The summed E-state index contributed by atoms with van der Waals surface area (Å²) in [6.07, 6.45) is 4.36. The van der Waals surface area contributed by atoms with Crippen LogP contribution >= 0.6 is 0 Å². The van der Waals surface area contributed by atoms with Crippen molar-refractivity contribution in [3.05, 3.63) is 0 Å². The van der Waals surface area contributed by atoms with Crippen molar-refractivity contribution >= 4 is 0 Å². The minimum Gasteiger partial charge on any atom is -0.315 e. The van der Waals surface area contributed by atoms with Crippen molar-refractivity contribution in [2.24, 2.45) is 11.3 Å². The predicted molar refractivity (Wildman–Crippen MR) is 76.3 cm³/mol. The van der Waals surface area contributed by atoms with Gasteiger partial charge in [0.2, 0.25) is 0 Å². The molecule has 3 nitrogen and oxygen atoms in total. The van der Waals surface area contributed by atoms with Crippen molar-refractivity contribution in [3.8, 4) is 6.07 Å². The van der Waals surface area contributed by atoms with Crippen LogP contribution in [0.5, 0.6) is 0 Å². The van der Waals surface area contributed by atoms with E-state index in [1.54, 1.807) is 0 Å². The van der Waals surface area contributed by atoms with Crippen LogP contribution in [-0.4, -0.2) is 37.6 Å². The van der Waals surface area contributed by atoms with E-state index in [1.807, 2.05) is 0 Å². The molecular weight excluding hydrogens is 222 g/mol. The lowest BCUT2D eigenvalue weighted by Crippen LogP contribution is -2.39. The molecule has 0 saturated carbocycles. The van der Waals surface area contributed by atoms with Crippen LogP contribution in [0.3, 0.4) is 0 Å². The van der Waals surface area contributed by atoms with Gasteiger partial charge in [-0.15, -0.1) is 0 Å². The summed E-state index contributed by atoms with van der Waals surface area (Å²) in [6.45, 7) is 12.6. The summed E-state index contributed by atoms with van der Waals surface area (Å²) >= 11 is 0. The Morgan fingerprint density at radius 3 is 2.61 bits per heavy atom. The normalized spacial score (nSPS) is 18.8. The van der Waals surface area contributed by atoms with Crippen molar-refractivity contribution in [3.63, 3.8) is 0 Å². The summed E-state index contributed by atoms with van der Waals surface area (Å²) in [5.41, 5.74) is 0.242. The van der Waals surface area contributed by atoms with E-state index in [2.05, 4.69) is 37.1 Å². The van der Waals surface area contributed by atoms with Gasteiger partial charge in [0.1, 0.15) is 0 Å². The zero-order chi connectivity index (χ0) is 13.4. The van der Waals surface area contributed by atoms with Gasteiger partial charge >= 0.3 is 0 Å². The maximum atomic E-state index is 8.62. The molecule has 0 aromatic rings. The number of likely N-dealkylation sites (tertiary alicyclic amines) is 1. The first-order chi connectivity index (χ1) is 8.53. The number of nitrogens with zero attached hydrogens (tertiary/aromatic N) is 2. The van der Waals surface area contributed by atoms with Gasteiger partial charge in [-0.25, -0.2) is 0 Å². The number of hydrogen-bond donors (Lipinski definition) is 1. The molecule has 1 N–H and O–H groups in total. The molecule has 0 radical (unpaired) electrons. The molecule has 104 valence electrons. The van der Waals surface area contributed by atoms with Gasteiger partial charge in [-0.1, -0.05) is 20.8 Å². The Balaban J connectivity index is 2.06. The van der Waals surface area contributed by atoms with Gasteiger partial charge in [0.25, 0.3) is 0 Å². The number of rotatable bonds is 7. The SMILES string of the molecule is CC1CCN(CCNCC(C)(C)CCC#N)CC1. The Morgan fingerprint density at radius 2 is 2.00 bits per heavy atom. The molecule has 18 heavy (non-hydrogen) atoms. The molecule has 0 amide bonds. The third-order valence-corrected chi connectivity index (χ3v) is 4.00. The number of piperidine rings is 1. The summed E-state index contributed by atoms with van der Waals surface area (Å²) < 4.78 is 0. The average Bonchev–Trinajstić information content (AvgIpc) is 2.34. The summed E-state index contributed by atoms with van der Waals surface area (Å²) in [7, 11) is 0. The van der Waals surface area contributed by atoms with Crippen molar-refractivity contribution < 1.29 is 0 Å². The maximum Gasteiger partial charge on any atom is 0.0621 e. The van der Waals surface area contributed by atoms with Crippen molar-refractivity contribution in [2.45, 2.75) is 46.5 Å². The fourth-order valence-electron chi connectivity index (χ4n) is 2.43. The summed E-state index contributed by atoms with van der Waals surface area (Å²) in [5, 5.41) is 12.2. The lowest BCUT2D eigenvalue weighted by molar-refractivity contribution is 0.190. The van der Waals surface area contributed by atoms with Gasteiger partial charge in [-0.2, -0.15) is 5.26 Å². The third-order valence-electron chi connectivity index (χ3n) is 4.00. The molecule has 1 fully saturated rings. The first kappa shape index (κ1) is 15.5. The van der Waals surface area contributed by atoms with Crippen molar-refractivity contribution in [1.82, 2.24) is 10.2 Å². The summed E-state index contributed by atoms with van der Waals surface area (Å²) in [4.78, 5) is 2.56. The predicted octanol–water partition coefficient (Wildman–Crippen LogP) is 2.64. The molecule has 0 aromatic heterocycles. The third kappa shape index (κ3) is 6.37. The first-order valence-corrected chi connectivity index (χ1v) is 7.33. The Hall–Kier alpha value is -0.590. The van der Waals surface area contributed by atoms with Gasteiger partial charge < -0.3 is 10.2 Å². The number of nitriles is 1. The molecule has 0 unspecified atom stereocenters. The summed E-state index contributed by atoms with van der Waals surface area (Å²) in [5.74, 6) is 0.916. The smallest absolute Gasteiger partial charge is 0.0621 e. The van der Waals surface area contributed by atoms with Crippen molar-refractivity contribution in [1.29, 1.82) is 5.26 Å². The molecular formula is C15H29N3. The van der Waals surface area contributed by atoms with E-state index < -0.39 is 0 Å². The second-order valence-corrected chi connectivity index (χ2v) is 6.52. The molecule has 1 rings (SSSR count). The molecule has 1 saturated heterocycles. The zero-order valence-corrected chi connectivity index (χ0v) is 12.3. The fraction of sp³-hybridized carbons (Fsp3) is 0.933. The largest absolute Gasteiger partial charge is 0.315 e. The van der Waals surface area contributed by atoms with Gasteiger partial charge in [0, 0.05) is 26.1 Å². The monoisotopic (exact) mass is 251 g/mol. The first-order valence-electron chi connectivity index (χ1n) is 7.33. The van der Waals surface area contributed by atoms with Crippen LogP contribution in [0.1, 0.15) is 46.5 Å². The highest BCUT2D eigenvalue weighted by atomic mass is 15.1. The standard InChI is InChI=1S/C15H29N3/c1-14-5-10-18(11-6-14)12-9-17-13-15(2,3)7-4-8-16/h14,17H,4-7,9-13H2,1-3H3. The number of nitrogens with one attached hydrogen (secondary N) is 1. The molecule has 0 spiro atoms. The molecule has 1 heterocycles. The van der Waals surface area contributed by atoms with Crippen molar-refractivity contribution in [2.75, 3.05) is 32.7 Å². The Kier molecular flexibility index (Phi) is 6.67.